The first-order chi connectivity index (χ1) is 26.3. The SMILES string of the molecule is c1ccc2c(-c3nc(-c4cccc5ccccc45)nc(-n4c5ccc6oc7ccc8c9ccccc9n9c%10cccc4c%10c5c6c7c89)n3)cccc2c1. The van der Waals surface area contributed by atoms with Gasteiger partial charge in [0, 0.05) is 38.1 Å². The molecule has 0 aliphatic carbocycles. The van der Waals surface area contributed by atoms with Crippen LogP contribution in [0.15, 0.2) is 156 Å². The predicted octanol–water partition coefficient (Wildman–Crippen LogP) is 11.9. The molecule has 6 nitrogen and oxygen atoms in total. The van der Waals surface area contributed by atoms with Gasteiger partial charge in [-0.1, -0.05) is 109 Å². The number of aromatic nitrogens is 5. The maximum atomic E-state index is 6.62. The lowest BCUT2D eigenvalue weighted by molar-refractivity contribution is 0.669. The van der Waals surface area contributed by atoms with Crippen LogP contribution >= 0.6 is 0 Å². The van der Waals surface area contributed by atoms with E-state index in [9.17, 15) is 0 Å². The fraction of sp³-hybridized carbons (Fsp3) is 0. The van der Waals surface area contributed by atoms with Crippen LogP contribution in [0, 0.1) is 0 Å². The van der Waals surface area contributed by atoms with Crippen molar-refractivity contribution in [1.29, 1.82) is 0 Å². The minimum absolute atomic E-state index is 0.568. The third-order valence-electron chi connectivity index (χ3n) is 11.3. The average molecular weight is 676 g/mol. The quantitative estimate of drug-likeness (QED) is 0.187. The highest BCUT2D eigenvalue weighted by atomic mass is 16.3. The molecule has 0 N–H and O–H groups in total. The zero-order valence-corrected chi connectivity index (χ0v) is 28.1. The molecule has 0 aliphatic rings. The molecule has 6 heteroatoms. The zero-order chi connectivity index (χ0) is 34.4. The number of rotatable bonds is 3. The van der Waals surface area contributed by atoms with Crippen molar-refractivity contribution in [1.82, 2.24) is 23.9 Å². The molecule has 5 heterocycles. The Balaban J connectivity index is 1.22. The average Bonchev–Trinajstić information content (AvgIpc) is 3.84. The van der Waals surface area contributed by atoms with Crippen molar-refractivity contribution in [2.75, 3.05) is 0 Å². The largest absolute Gasteiger partial charge is 0.456 e. The van der Waals surface area contributed by atoms with E-state index in [0.717, 1.165) is 81.9 Å². The summed E-state index contributed by atoms with van der Waals surface area (Å²) in [6.07, 6.45) is 0. The number of furan rings is 1. The third-order valence-corrected chi connectivity index (χ3v) is 11.3. The molecule has 0 radical (unpaired) electrons. The number of fused-ring (bicyclic) bond motifs is 6. The van der Waals surface area contributed by atoms with Gasteiger partial charge >= 0.3 is 0 Å². The van der Waals surface area contributed by atoms with E-state index in [1.165, 1.54) is 21.8 Å². The summed E-state index contributed by atoms with van der Waals surface area (Å²) in [4.78, 5) is 16.0. The molecule has 0 saturated carbocycles. The summed E-state index contributed by atoms with van der Waals surface area (Å²) in [5.41, 5.74) is 9.21. The minimum Gasteiger partial charge on any atom is -0.456 e. The number of hydrogen-bond acceptors (Lipinski definition) is 4. The Morgan fingerprint density at radius 3 is 1.70 bits per heavy atom. The van der Waals surface area contributed by atoms with Gasteiger partial charge < -0.3 is 8.82 Å². The molecular weight excluding hydrogens is 651 g/mol. The van der Waals surface area contributed by atoms with Crippen LogP contribution in [-0.4, -0.2) is 23.9 Å². The molecule has 53 heavy (non-hydrogen) atoms. The van der Waals surface area contributed by atoms with Gasteiger partial charge in [-0.3, -0.25) is 4.57 Å². The van der Waals surface area contributed by atoms with Crippen LogP contribution < -0.4 is 0 Å². The first kappa shape index (κ1) is 27.4. The van der Waals surface area contributed by atoms with Crippen molar-refractivity contribution >= 4 is 92.6 Å². The summed E-state index contributed by atoms with van der Waals surface area (Å²) in [6.45, 7) is 0. The summed E-state index contributed by atoms with van der Waals surface area (Å²) in [5.74, 6) is 1.82. The fourth-order valence-corrected chi connectivity index (χ4v) is 9.13. The standard InChI is InChI=1S/C47H25N5O/c1-3-14-28-26(10-1)12-7-17-32(28)45-48-46(33-18-8-13-27-11-2-4-15-29(27)33)50-47(49-45)52-36-21-9-20-35-40(36)41-37(52)23-25-38-42(41)43-39(53-38)24-22-31-30-16-5-6-19-34(30)51(35)44(31)43/h1-25H. The Kier molecular flexibility index (Phi) is 5.03. The lowest BCUT2D eigenvalue weighted by Crippen LogP contribution is -2.07. The Hall–Kier alpha value is -7.31. The second-order valence-electron chi connectivity index (χ2n) is 14.0. The van der Waals surface area contributed by atoms with E-state index in [4.69, 9.17) is 19.4 Å². The van der Waals surface area contributed by atoms with Crippen molar-refractivity contribution in [3.63, 3.8) is 0 Å². The summed E-state index contributed by atoms with van der Waals surface area (Å²) < 4.78 is 11.3. The highest BCUT2D eigenvalue weighted by Crippen LogP contribution is 2.48. The van der Waals surface area contributed by atoms with Crippen molar-refractivity contribution < 1.29 is 4.42 Å². The van der Waals surface area contributed by atoms with Gasteiger partial charge in [0.1, 0.15) is 11.2 Å². The Labute approximate surface area is 300 Å². The maximum Gasteiger partial charge on any atom is 0.238 e. The Morgan fingerprint density at radius 2 is 0.943 bits per heavy atom. The molecule has 0 spiro atoms. The van der Waals surface area contributed by atoms with E-state index in [1.54, 1.807) is 0 Å². The van der Waals surface area contributed by atoms with Gasteiger partial charge in [0.2, 0.25) is 5.95 Å². The van der Waals surface area contributed by atoms with Crippen LogP contribution in [0.2, 0.25) is 0 Å². The van der Waals surface area contributed by atoms with Gasteiger partial charge in [-0.05, 0) is 64.0 Å². The van der Waals surface area contributed by atoms with Gasteiger partial charge in [0.05, 0.1) is 33.0 Å². The maximum absolute atomic E-state index is 6.62. The number of hydrogen-bond donors (Lipinski definition) is 0. The molecule has 13 aromatic rings. The van der Waals surface area contributed by atoms with E-state index >= 15 is 0 Å². The van der Waals surface area contributed by atoms with E-state index < -0.39 is 0 Å². The van der Waals surface area contributed by atoms with E-state index in [2.05, 4.69) is 161 Å². The van der Waals surface area contributed by atoms with E-state index in [0.29, 0.717) is 17.6 Å². The summed E-state index contributed by atoms with van der Waals surface area (Å²) in [5, 5.41) is 11.5. The molecule has 0 atom stereocenters. The van der Waals surface area contributed by atoms with Crippen LogP contribution in [0.3, 0.4) is 0 Å². The number of benzene rings is 8. The minimum atomic E-state index is 0.568. The van der Waals surface area contributed by atoms with Gasteiger partial charge in [0.25, 0.3) is 0 Å². The lowest BCUT2D eigenvalue weighted by Gasteiger charge is -2.13. The molecule has 0 bridgehead atoms. The van der Waals surface area contributed by atoms with E-state index in [-0.39, 0.29) is 0 Å². The molecule has 5 aromatic heterocycles. The smallest absolute Gasteiger partial charge is 0.238 e. The highest BCUT2D eigenvalue weighted by Gasteiger charge is 2.27. The summed E-state index contributed by atoms with van der Waals surface area (Å²) >= 11 is 0. The molecule has 0 amide bonds. The molecule has 0 aliphatic heterocycles. The second-order valence-corrected chi connectivity index (χ2v) is 14.0. The molecule has 244 valence electrons. The van der Waals surface area contributed by atoms with Crippen LogP contribution in [0.1, 0.15) is 0 Å². The summed E-state index contributed by atoms with van der Waals surface area (Å²) in [7, 11) is 0. The molecule has 8 aromatic carbocycles. The van der Waals surface area contributed by atoms with Crippen LogP contribution in [0.25, 0.3) is 121 Å². The molecule has 13 rings (SSSR count). The van der Waals surface area contributed by atoms with Crippen LogP contribution in [0.5, 0.6) is 0 Å². The van der Waals surface area contributed by atoms with Gasteiger partial charge in [-0.25, -0.2) is 4.98 Å². The first-order valence-corrected chi connectivity index (χ1v) is 17.9. The fourth-order valence-electron chi connectivity index (χ4n) is 9.13. The van der Waals surface area contributed by atoms with Gasteiger partial charge in [-0.2, -0.15) is 9.97 Å². The number of para-hydroxylation sites is 1. The third kappa shape index (κ3) is 3.45. The van der Waals surface area contributed by atoms with Crippen molar-refractivity contribution in [3.05, 3.63) is 152 Å². The molecule has 0 saturated heterocycles. The zero-order valence-electron chi connectivity index (χ0n) is 28.1. The van der Waals surface area contributed by atoms with Crippen molar-refractivity contribution in [3.8, 4) is 28.7 Å². The predicted molar refractivity (Wildman–Crippen MR) is 216 cm³/mol. The molecule has 0 fully saturated rings. The van der Waals surface area contributed by atoms with Crippen molar-refractivity contribution in [2.45, 2.75) is 0 Å². The molecular formula is C47H25N5O. The normalized spacial score (nSPS) is 12.5. The lowest BCUT2D eigenvalue weighted by atomic mass is 10.0. The highest BCUT2D eigenvalue weighted by molar-refractivity contribution is 6.37. The summed E-state index contributed by atoms with van der Waals surface area (Å²) in [6, 6.07) is 53.4. The van der Waals surface area contributed by atoms with Gasteiger partial charge in [-0.15, -0.1) is 0 Å². The monoisotopic (exact) mass is 675 g/mol. The first-order valence-electron chi connectivity index (χ1n) is 17.9. The second kappa shape index (κ2) is 9.72. The van der Waals surface area contributed by atoms with Crippen LogP contribution in [-0.2, 0) is 0 Å². The topological polar surface area (TPSA) is 61.2 Å². The molecule has 0 unspecified atom stereocenters. The van der Waals surface area contributed by atoms with Gasteiger partial charge in [0.15, 0.2) is 11.6 Å². The van der Waals surface area contributed by atoms with Crippen LogP contribution in [0.4, 0.5) is 0 Å². The van der Waals surface area contributed by atoms with E-state index in [1.807, 2.05) is 0 Å². The Morgan fingerprint density at radius 1 is 0.377 bits per heavy atom. The Bertz CT molecular complexity index is 3530. The number of nitrogens with zero attached hydrogens (tertiary/aromatic N) is 5. The van der Waals surface area contributed by atoms with Crippen molar-refractivity contribution in [2.24, 2.45) is 0 Å².